The van der Waals surface area contributed by atoms with Gasteiger partial charge in [0.1, 0.15) is 0 Å². The summed E-state index contributed by atoms with van der Waals surface area (Å²) in [5.74, 6) is 0.0427. The number of rotatable bonds is 7. The molecule has 2 fully saturated rings. The van der Waals surface area contributed by atoms with E-state index in [2.05, 4.69) is 87.3 Å². The Bertz CT molecular complexity index is 689. The molecule has 194 valence electrons. The summed E-state index contributed by atoms with van der Waals surface area (Å²) in [6.07, 6.45) is 4.44. The van der Waals surface area contributed by atoms with Gasteiger partial charge in [0.2, 0.25) is 0 Å². The molecule has 1 saturated carbocycles. The van der Waals surface area contributed by atoms with Gasteiger partial charge < -0.3 is 18.3 Å². The minimum absolute atomic E-state index is 0.0198. The van der Waals surface area contributed by atoms with Gasteiger partial charge in [0.05, 0.1) is 25.4 Å². The van der Waals surface area contributed by atoms with Crippen molar-refractivity contribution in [1.82, 2.24) is 0 Å². The third-order valence-corrected chi connectivity index (χ3v) is 18.3. The van der Waals surface area contributed by atoms with Crippen LogP contribution in [0.1, 0.15) is 75.2 Å². The number of fused-ring (bicyclic) bond motifs is 1. The standard InChI is InChI=1S/C27H54O4Si2/c1-15-21-20-18-28-26(8,9)30-22(20)16-17-27(21,10)23(31-33(13,14)25(5,6)7)19-29-32(11,12)24(2,3)4/h15,20-23H,1,16-19H2,2-14H3/t20-,21-,22+,23+,27-/m1/s1. The topological polar surface area (TPSA) is 36.9 Å². The molecule has 0 aromatic heterocycles. The average molecular weight is 499 g/mol. The summed E-state index contributed by atoms with van der Waals surface area (Å²) in [6, 6.07) is 0. The maximum atomic E-state index is 7.21. The summed E-state index contributed by atoms with van der Waals surface area (Å²) in [6.45, 7) is 35.4. The van der Waals surface area contributed by atoms with Gasteiger partial charge >= 0.3 is 0 Å². The molecule has 2 rings (SSSR count). The second-order valence-corrected chi connectivity index (χ2v) is 23.8. The Morgan fingerprint density at radius 2 is 1.55 bits per heavy atom. The highest BCUT2D eigenvalue weighted by atomic mass is 28.4. The van der Waals surface area contributed by atoms with E-state index < -0.39 is 22.4 Å². The molecular formula is C27H54O4Si2. The van der Waals surface area contributed by atoms with E-state index in [-0.39, 0.29) is 33.6 Å². The molecule has 6 heteroatoms. The van der Waals surface area contributed by atoms with E-state index in [9.17, 15) is 0 Å². The third kappa shape index (κ3) is 6.23. The molecule has 5 atom stereocenters. The predicted octanol–water partition coefficient (Wildman–Crippen LogP) is 7.77. The maximum absolute atomic E-state index is 7.21. The van der Waals surface area contributed by atoms with E-state index in [0.717, 1.165) is 12.8 Å². The minimum Gasteiger partial charge on any atom is -0.414 e. The molecule has 0 spiro atoms. The average Bonchev–Trinajstić information content (AvgIpc) is 2.62. The van der Waals surface area contributed by atoms with Gasteiger partial charge in [-0.3, -0.25) is 0 Å². The first-order valence-electron chi connectivity index (χ1n) is 12.9. The summed E-state index contributed by atoms with van der Waals surface area (Å²) < 4.78 is 26.5. The van der Waals surface area contributed by atoms with Crippen LogP contribution in [0, 0.1) is 17.3 Å². The van der Waals surface area contributed by atoms with Crippen LogP contribution >= 0.6 is 0 Å². The maximum Gasteiger partial charge on any atom is 0.192 e. The van der Waals surface area contributed by atoms with Gasteiger partial charge in [0.25, 0.3) is 0 Å². The van der Waals surface area contributed by atoms with Crippen LogP contribution in [0.25, 0.3) is 0 Å². The molecule has 0 unspecified atom stereocenters. The van der Waals surface area contributed by atoms with Crippen LogP contribution in [0.5, 0.6) is 0 Å². The molecule has 0 radical (unpaired) electrons. The molecule has 0 N–H and O–H groups in total. The molecule has 4 nitrogen and oxygen atoms in total. The van der Waals surface area contributed by atoms with Gasteiger partial charge in [-0.2, -0.15) is 0 Å². The third-order valence-electron chi connectivity index (χ3n) is 9.36. The van der Waals surface area contributed by atoms with Crippen LogP contribution in [-0.4, -0.2) is 47.8 Å². The summed E-state index contributed by atoms with van der Waals surface area (Å²) in [7, 11) is -3.92. The largest absolute Gasteiger partial charge is 0.414 e. The van der Waals surface area contributed by atoms with E-state index in [1.54, 1.807) is 0 Å². The lowest BCUT2D eigenvalue weighted by atomic mass is 9.59. The van der Waals surface area contributed by atoms with Crippen molar-refractivity contribution in [2.24, 2.45) is 17.3 Å². The summed E-state index contributed by atoms with van der Waals surface area (Å²) in [5, 5.41) is 0.308. The Balaban J connectivity index is 2.40. The minimum atomic E-state index is -2.01. The van der Waals surface area contributed by atoms with E-state index in [0.29, 0.717) is 19.1 Å². The van der Waals surface area contributed by atoms with Crippen molar-refractivity contribution in [1.29, 1.82) is 0 Å². The summed E-state index contributed by atoms with van der Waals surface area (Å²) >= 11 is 0. The van der Waals surface area contributed by atoms with E-state index in [1.165, 1.54) is 0 Å². The van der Waals surface area contributed by atoms with Gasteiger partial charge in [0.15, 0.2) is 22.4 Å². The van der Waals surface area contributed by atoms with E-state index in [1.807, 2.05) is 13.8 Å². The highest BCUT2D eigenvalue weighted by Crippen LogP contribution is 2.53. The monoisotopic (exact) mass is 498 g/mol. The Labute approximate surface area is 207 Å². The van der Waals surface area contributed by atoms with Crippen molar-refractivity contribution in [3.63, 3.8) is 0 Å². The van der Waals surface area contributed by atoms with E-state index in [4.69, 9.17) is 18.3 Å². The molecule has 0 aromatic carbocycles. The summed E-state index contributed by atoms with van der Waals surface area (Å²) in [4.78, 5) is 0. The van der Waals surface area contributed by atoms with Gasteiger partial charge in [0, 0.05) is 11.3 Å². The zero-order valence-electron chi connectivity index (χ0n) is 24.1. The number of hydrogen-bond acceptors (Lipinski definition) is 4. The van der Waals surface area contributed by atoms with Gasteiger partial charge in [-0.15, -0.1) is 6.58 Å². The molecule has 33 heavy (non-hydrogen) atoms. The zero-order valence-corrected chi connectivity index (χ0v) is 26.1. The zero-order chi connectivity index (χ0) is 25.7. The Morgan fingerprint density at radius 3 is 2.03 bits per heavy atom. The van der Waals surface area contributed by atoms with Crippen molar-refractivity contribution in [3.05, 3.63) is 12.7 Å². The fraction of sp³-hybridized carbons (Fsp3) is 0.926. The fourth-order valence-electron chi connectivity index (χ4n) is 4.82. The van der Waals surface area contributed by atoms with Gasteiger partial charge in [-0.1, -0.05) is 54.5 Å². The lowest BCUT2D eigenvalue weighted by molar-refractivity contribution is -0.313. The van der Waals surface area contributed by atoms with Crippen LogP contribution < -0.4 is 0 Å². The SMILES string of the molecule is C=C[C@@H]1[C@H]2COC(C)(C)O[C@H]2CC[C@@]1(C)[C@H](CO[Si](C)(C)C(C)(C)C)O[Si](C)(C)C(C)(C)C. The fourth-order valence-corrected chi connectivity index (χ4v) is 7.22. The molecule has 0 aromatic rings. The van der Waals surface area contributed by atoms with Crippen LogP contribution in [0.2, 0.25) is 36.3 Å². The van der Waals surface area contributed by atoms with E-state index >= 15 is 0 Å². The Morgan fingerprint density at radius 1 is 1.00 bits per heavy atom. The second kappa shape index (κ2) is 9.47. The normalized spacial score (nSPS) is 32.2. The predicted molar refractivity (Wildman–Crippen MR) is 145 cm³/mol. The van der Waals surface area contributed by atoms with Crippen LogP contribution in [-0.2, 0) is 18.3 Å². The molecule has 1 aliphatic carbocycles. The molecule has 1 saturated heterocycles. The highest BCUT2D eigenvalue weighted by Gasteiger charge is 2.55. The molecule has 1 aliphatic heterocycles. The van der Waals surface area contributed by atoms with Crippen molar-refractivity contribution in [3.8, 4) is 0 Å². The number of hydrogen-bond donors (Lipinski definition) is 0. The van der Waals surface area contributed by atoms with Crippen molar-refractivity contribution in [2.75, 3.05) is 13.2 Å². The Hall–Kier alpha value is 0.0138. The quantitative estimate of drug-likeness (QED) is 0.265. The van der Waals surface area contributed by atoms with Crippen LogP contribution in [0.15, 0.2) is 12.7 Å². The number of allylic oxidation sites excluding steroid dienone is 1. The first-order chi connectivity index (χ1) is 14.7. The molecule has 1 heterocycles. The molecule has 0 bridgehead atoms. The Kier molecular flexibility index (Phi) is 8.40. The smallest absolute Gasteiger partial charge is 0.192 e. The van der Waals surface area contributed by atoms with Crippen LogP contribution in [0.4, 0.5) is 0 Å². The van der Waals surface area contributed by atoms with Crippen LogP contribution in [0.3, 0.4) is 0 Å². The molecule has 0 amide bonds. The van der Waals surface area contributed by atoms with Crippen molar-refractivity contribution >= 4 is 16.6 Å². The highest BCUT2D eigenvalue weighted by molar-refractivity contribution is 6.74. The molecular weight excluding hydrogens is 444 g/mol. The van der Waals surface area contributed by atoms with Gasteiger partial charge in [-0.05, 0) is 68.9 Å². The summed E-state index contributed by atoms with van der Waals surface area (Å²) in [5.41, 5.74) is -0.0744. The van der Waals surface area contributed by atoms with Crippen molar-refractivity contribution < 1.29 is 18.3 Å². The second-order valence-electron chi connectivity index (χ2n) is 14.3. The van der Waals surface area contributed by atoms with Gasteiger partial charge in [-0.25, -0.2) is 0 Å². The lowest BCUT2D eigenvalue weighted by Crippen LogP contribution is -2.60. The first-order valence-corrected chi connectivity index (χ1v) is 18.7. The lowest BCUT2D eigenvalue weighted by Gasteiger charge is -2.56. The first kappa shape index (κ1) is 29.2. The van der Waals surface area contributed by atoms with Crippen molar-refractivity contribution in [2.45, 2.75) is 129 Å². The number of ether oxygens (including phenoxy) is 2. The molecule has 2 aliphatic rings.